The third-order valence-electron chi connectivity index (χ3n) is 5.18. The summed E-state index contributed by atoms with van der Waals surface area (Å²) < 4.78 is 0. The summed E-state index contributed by atoms with van der Waals surface area (Å²) in [7, 11) is 0. The van der Waals surface area contributed by atoms with Crippen molar-refractivity contribution in [1.29, 1.82) is 0 Å². The highest BCUT2D eigenvalue weighted by atomic mass is 14.3. The molecule has 0 atom stereocenters. The van der Waals surface area contributed by atoms with Gasteiger partial charge in [0.25, 0.3) is 0 Å². The lowest BCUT2D eigenvalue weighted by atomic mass is 9.69. The lowest BCUT2D eigenvalue weighted by Gasteiger charge is -2.36. The molecule has 1 saturated carbocycles. The number of allylic oxidation sites excluding steroid dienone is 1. The highest BCUT2D eigenvalue weighted by Gasteiger charge is 2.29. The van der Waals surface area contributed by atoms with E-state index in [0.29, 0.717) is 5.41 Å². The van der Waals surface area contributed by atoms with E-state index < -0.39 is 0 Å². The van der Waals surface area contributed by atoms with Gasteiger partial charge in [-0.2, -0.15) is 0 Å². The SMILES string of the molecule is CCc1ccc(/C=C/C2(C)CCC(C(C)C)CC2)cc1. The first kappa shape index (κ1) is 15.4. The van der Waals surface area contributed by atoms with Gasteiger partial charge in [0.15, 0.2) is 0 Å². The first-order valence-corrected chi connectivity index (χ1v) is 8.30. The number of aryl methyl sites for hydroxylation is 1. The highest BCUT2D eigenvalue weighted by molar-refractivity contribution is 5.50. The van der Waals surface area contributed by atoms with E-state index in [2.05, 4.69) is 64.1 Å². The molecular formula is C20H30. The van der Waals surface area contributed by atoms with Crippen molar-refractivity contribution in [3.63, 3.8) is 0 Å². The van der Waals surface area contributed by atoms with Crippen molar-refractivity contribution >= 4 is 6.08 Å². The molecule has 2 rings (SSSR count). The van der Waals surface area contributed by atoms with Gasteiger partial charge in [0.05, 0.1) is 0 Å². The Morgan fingerprint density at radius 3 is 2.25 bits per heavy atom. The Morgan fingerprint density at radius 1 is 1.15 bits per heavy atom. The molecule has 20 heavy (non-hydrogen) atoms. The predicted octanol–water partition coefficient (Wildman–Crippen LogP) is 6.11. The maximum atomic E-state index is 2.46. The third-order valence-corrected chi connectivity index (χ3v) is 5.18. The monoisotopic (exact) mass is 270 g/mol. The van der Waals surface area contributed by atoms with Crippen molar-refractivity contribution < 1.29 is 0 Å². The molecule has 0 heteroatoms. The van der Waals surface area contributed by atoms with E-state index >= 15 is 0 Å². The molecule has 0 N–H and O–H groups in total. The second kappa shape index (κ2) is 6.61. The fraction of sp³-hybridized carbons (Fsp3) is 0.600. The Balaban J connectivity index is 1.96. The Morgan fingerprint density at radius 2 is 1.75 bits per heavy atom. The minimum atomic E-state index is 0.412. The zero-order valence-electron chi connectivity index (χ0n) is 13.7. The summed E-state index contributed by atoms with van der Waals surface area (Å²) in [5.74, 6) is 1.80. The molecular weight excluding hydrogens is 240 g/mol. The smallest absolute Gasteiger partial charge is 0.0143 e. The van der Waals surface area contributed by atoms with Gasteiger partial charge in [0.1, 0.15) is 0 Å². The van der Waals surface area contributed by atoms with Crippen LogP contribution in [0.1, 0.15) is 64.5 Å². The summed E-state index contributed by atoms with van der Waals surface area (Å²) in [6.45, 7) is 9.39. The quantitative estimate of drug-likeness (QED) is 0.618. The van der Waals surface area contributed by atoms with Crippen LogP contribution in [0.3, 0.4) is 0 Å². The molecule has 1 fully saturated rings. The van der Waals surface area contributed by atoms with Crippen molar-refractivity contribution in [3.8, 4) is 0 Å². The average Bonchev–Trinajstić information content (AvgIpc) is 2.46. The number of hydrogen-bond donors (Lipinski definition) is 0. The van der Waals surface area contributed by atoms with Gasteiger partial charge in [-0.25, -0.2) is 0 Å². The molecule has 0 saturated heterocycles. The molecule has 0 heterocycles. The minimum absolute atomic E-state index is 0.412. The maximum Gasteiger partial charge on any atom is -0.0143 e. The summed E-state index contributed by atoms with van der Waals surface area (Å²) in [5.41, 5.74) is 3.18. The fourth-order valence-corrected chi connectivity index (χ4v) is 3.29. The molecule has 0 spiro atoms. The Labute approximate surface area is 125 Å². The Bertz CT molecular complexity index is 428. The van der Waals surface area contributed by atoms with E-state index in [0.717, 1.165) is 18.3 Å². The first-order valence-electron chi connectivity index (χ1n) is 8.30. The molecule has 1 aromatic carbocycles. The molecule has 0 radical (unpaired) electrons. The van der Waals surface area contributed by atoms with Crippen LogP contribution in [0.25, 0.3) is 6.08 Å². The summed E-state index contributed by atoms with van der Waals surface area (Å²) in [6, 6.07) is 8.99. The molecule has 1 aliphatic rings. The van der Waals surface area contributed by atoms with Crippen LogP contribution >= 0.6 is 0 Å². The van der Waals surface area contributed by atoms with Gasteiger partial charge in [0.2, 0.25) is 0 Å². The van der Waals surface area contributed by atoms with Crippen LogP contribution in [0.4, 0.5) is 0 Å². The van der Waals surface area contributed by atoms with E-state index in [1.54, 1.807) is 0 Å². The molecule has 0 unspecified atom stereocenters. The molecule has 0 aromatic heterocycles. The van der Waals surface area contributed by atoms with Crippen molar-refractivity contribution in [3.05, 3.63) is 41.5 Å². The van der Waals surface area contributed by atoms with Crippen LogP contribution < -0.4 is 0 Å². The Kier molecular flexibility index (Phi) is 5.07. The Hall–Kier alpha value is -1.04. The largest absolute Gasteiger partial charge is 0.0780 e. The van der Waals surface area contributed by atoms with Gasteiger partial charge in [-0.1, -0.05) is 64.1 Å². The minimum Gasteiger partial charge on any atom is -0.0780 e. The lowest BCUT2D eigenvalue weighted by Crippen LogP contribution is -2.24. The number of rotatable bonds is 4. The number of benzene rings is 1. The fourth-order valence-electron chi connectivity index (χ4n) is 3.29. The van der Waals surface area contributed by atoms with E-state index in [1.165, 1.54) is 36.8 Å². The third kappa shape index (κ3) is 3.98. The maximum absolute atomic E-state index is 2.46. The summed E-state index contributed by atoms with van der Waals surface area (Å²) in [5, 5.41) is 0. The molecule has 0 aliphatic heterocycles. The molecule has 0 nitrogen and oxygen atoms in total. The standard InChI is InChI=1S/C20H30/c1-5-17-6-8-18(9-7-17)10-13-20(4)14-11-19(12-15-20)16(2)3/h6-10,13,16,19H,5,11-12,14-15H2,1-4H3/b13-10+. The molecule has 1 aliphatic carbocycles. The summed E-state index contributed by atoms with van der Waals surface area (Å²) in [4.78, 5) is 0. The van der Waals surface area contributed by atoms with E-state index in [9.17, 15) is 0 Å². The van der Waals surface area contributed by atoms with E-state index in [1.807, 2.05) is 0 Å². The average molecular weight is 270 g/mol. The second-order valence-electron chi connectivity index (χ2n) is 7.16. The molecule has 1 aromatic rings. The van der Waals surface area contributed by atoms with Gasteiger partial charge in [-0.15, -0.1) is 0 Å². The van der Waals surface area contributed by atoms with Gasteiger partial charge in [-0.05, 0) is 60.5 Å². The molecule has 0 bridgehead atoms. The van der Waals surface area contributed by atoms with Crippen molar-refractivity contribution in [2.45, 2.75) is 59.8 Å². The zero-order chi connectivity index (χ0) is 14.6. The van der Waals surface area contributed by atoms with Gasteiger partial charge in [-0.3, -0.25) is 0 Å². The van der Waals surface area contributed by atoms with Gasteiger partial charge in [0, 0.05) is 0 Å². The normalized spacial score (nSPS) is 27.4. The predicted molar refractivity (Wildman–Crippen MR) is 89.8 cm³/mol. The topological polar surface area (TPSA) is 0 Å². The lowest BCUT2D eigenvalue weighted by molar-refractivity contribution is 0.185. The molecule has 0 amide bonds. The summed E-state index contributed by atoms with van der Waals surface area (Å²) in [6.07, 6.45) is 11.4. The van der Waals surface area contributed by atoms with Crippen LogP contribution in [0.5, 0.6) is 0 Å². The van der Waals surface area contributed by atoms with E-state index in [-0.39, 0.29) is 0 Å². The van der Waals surface area contributed by atoms with Crippen LogP contribution in [-0.2, 0) is 6.42 Å². The number of hydrogen-bond acceptors (Lipinski definition) is 0. The van der Waals surface area contributed by atoms with E-state index in [4.69, 9.17) is 0 Å². The van der Waals surface area contributed by atoms with Crippen molar-refractivity contribution in [1.82, 2.24) is 0 Å². The summed E-state index contributed by atoms with van der Waals surface area (Å²) >= 11 is 0. The second-order valence-corrected chi connectivity index (χ2v) is 7.16. The van der Waals surface area contributed by atoms with Crippen LogP contribution in [0.2, 0.25) is 0 Å². The zero-order valence-corrected chi connectivity index (χ0v) is 13.7. The van der Waals surface area contributed by atoms with Gasteiger partial charge >= 0.3 is 0 Å². The van der Waals surface area contributed by atoms with Crippen LogP contribution in [0, 0.1) is 17.3 Å². The highest BCUT2D eigenvalue weighted by Crippen LogP contribution is 2.42. The molecule has 110 valence electrons. The van der Waals surface area contributed by atoms with Crippen molar-refractivity contribution in [2.75, 3.05) is 0 Å². The van der Waals surface area contributed by atoms with Crippen LogP contribution in [-0.4, -0.2) is 0 Å². The van der Waals surface area contributed by atoms with Gasteiger partial charge < -0.3 is 0 Å². The first-order chi connectivity index (χ1) is 9.52. The van der Waals surface area contributed by atoms with Crippen molar-refractivity contribution in [2.24, 2.45) is 17.3 Å². The van der Waals surface area contributed by atoms with Crippen LogP contribution in [0.15, 0.2) is 30.3 Å².